The summed E-state index contributed by atoms with van der Waals surface area (Å²) >= 11 is 0. The molecule has 0 aliphatic heterocycles. The van der Waals surface area contributed by atoms with E-state index in [4.69, 9.17) is 5.11 Å². The minimum absolute atomic E-state index is 0.183. The maximum absolute atomic E-state index is 10.5. The first-order valence-electron chi connectivity index (χ1n) is 2.66. The molecule has 0 aliphatic rings. The summed E-state index contributed by atoms with van der Waals surface area (Å²) in [6.07, 6.45) is 3.29. The molecule has 2 heteroatoms. The SMILES string of the molecule is CC(C)=CC(=O)C=CO. The Morgan fingerprint density at radius 1 is 1.44 bits per heavy atom. The summed E-state index contributed by atoms with van der Waals surface area (Å²) in [4.78, 5) is 10.5. The van der Waals surface area contributed by atoms with Crippen LogP contribution in [0.5, 0.6) is 0 Å². The van der Waals surface area contributed by atoms with Gasteiger partial charge in [0, 0.05) is 6.08 Å². The second-order valence-electron chi connectivity index (χ2n) is 1.94. The zero-order chi connectivity index (χ0) is 7.28. The summed E-state index contributed by atoms with van der Waals surface area (Å²) in [6, 6.07) is 0. The maximum Gasteiger partial charge on any atom is 0.181 e. The second kappa shape index (κ2) is 3.89. The van der Waals surface area contributed by atoms with Crippen molar-refractivity contribution in [2.24, 2.45) is 0 Å². The molecule has 0 aliphatic carbocycles. The highest BCUT2D eigenvalue weighted by molar-refractivity contribution is 5.99. The van der Waals surface area contributed by atoms with Crippen molar-refractivity contribution in [1.29, 1.82) is 0 Å². The van der Waals surface area contributed by atoms with Crippen LogP contribution in [0.3, 0.4) is 0 Å². The number of hydrogen-bond acceptors (Lipinski definition) is 2. The number of rotatable bonds is 2. The van der Waals surface area contributed by atoms with Crippen molar-refractivity contribution in [3.8, 4) is 0 Å². The quantitative estimate of drug-likeness (QED) is 0.450. The van der Waals surface area contributed by atoms with Crippen LogP contribution in [0.2, 0.25) is 0 Å². The summed E-state index contributed by atoms with van der Waals surface area (Å²) in [5, 5.41) is 8.12. The average Bonchev–Trinajstić information content (AvgIpc) is 1.63. The number of carbonyl (C=O) groups excluding carboxylic acids is 1. The van der Waals surface area contributed by atoms with E-state index in [1.165, 1.54) is 6.08 Å². The molecule has 2 nitrogen and oxygen atoms in total. The van der Waals surface area contributed by atoms with Gasteiger partial charge in [-0.2, -0.15) is 0 Å². The summed E-state index contributed by atoms with van der Waals surface area (Å²) in [5.74, 6) is -0.183. The van der Waals surface area contributed by atoms with Gasteiger partial charge in [-0.05, 0) is 19.9 Å². The molecule has 0 amide bonds. The zero-order valence-corrected chi connectivity index (χ0v) is 5.59. The molecule has 0 spiro atoms. The lowest BCUT2D eigenvalue weighted by Crippen LogP contribution is -1.85. The standard InChI is InChI=1S/C7H10O2/c1-6(2)5-7(9)3-4-8/h3-5,8H,1-2H3. The van der Waals surface area contributed by atoms with E-state index in [-0.39, 0.29) is 5.78 Å². The lowest BCUT2D eigenvalue weighted by Gasteiger charge is -1.83. The van der Waals surface area contributed by atoms with Crippen molar-refractivity contribution >= 4 is 5.78 Å². The van der Waals surface area contributed by atoms with Gasteiger partial charge < -0.3 is 5.11 Å². The highest BCUT2D eigenvalue weighted by Gasteiger charge is 1.86. The Hall–Kier alpha value is -1.05. The van der Waals surface area contributed by atoms with Gasteiger partial charge in [0.05, 0.1) is 6.26 Å². The van der Waals surface area contributed by atoms with Crippen molar-refractivity contribution in [2.75, 3.05) is 0 Å². The molecule has 0 rings (SSSR count). The number of allylic oxidation sites excluding steroid dienone is 3. The van der Waals surface area contributed by atoms with E-state index in [0.717, 1.165) is 17.9 Å². The van der Waals surface area contributed by atoms with E-state index < -0.39 is 0 Å². The average molecular weight is 126 g/mol. The first kappa shape index (κ1) is 7.95. The second-order valence-corrected chi connectivity index (χ2v) is 1.94. The van der Waals surface area contributed by atoms with E-state index in [0.29, 0.717) is 0 Å². The van der Waals surface area contributed by atoms with Crippen molar-refractivity contribution in [3.63, 3.8) is 0 Å². The Morgan fingerprint density at radius 3 is 2.33 bits per heavy atom. The molecule has 0 unspecified atom stereocenters. The molecule has 9 heavy (non-hydrogen) atoms. The highest BCUT2D eigenvalue weighted by atomic mass is 16.2. The van der Waals surface area contributed by atoms with Gasteiger partial charge in [-0.1, -0.05) is 5.57 Å². The van der Waals surface area contributed by atoms with Gasteiger partial charge in [-0.25, -0.2) is 0 Å². The van der Waals surface area contributed by atoms with Gasteiger partial charge in [0.15, 0.2) is 5.78 Å². The van der Waals surface area contributed by atoms with E-state index in [2.05, 4.69) is 0 Å². The van der Waals surface area contributed by atoms with Crippen molar-refractivity contribution < 1.29 is 9.90 Å². The molecule has 0 bridgehead atoms. The molecule has 0 fully saturated rings. The van der Waals surface area contributed by atoms with Gasteiger partial charge in [0.2, 0.25) is 0 Å². The molecular formula is C7H10O2. The first-order chi connectivity index (χ1) is 4.16. The van der Waals surface area contributed by atoms with Gasteiger partial charge >= 0.3 is 0 Å². The van der Waals surface area contributed by atoms with E-state index >= 15 is 0 Å². The minimum Gasteiger partial charge on any atom is -0.515 e. The Balaban J connectivity index is 3.93. The smallest absolute Gasteiger partial charge is 0.181 e. The van der Waals surface area contributed by atoms with Crippen LogP contribution < -0.4 is 0 Å². The molecule has 0 aromatic rings. The third-order valence-electron chi connectivity index (χ3n) is 0.670. The lowest BCUT2D eigenvalue weighted by atomic mass is 10.2. The normalized spacial score (nSPS) is 9.56. The van der Waals surface area contributed by atoms with Gasteiger partial charge in [-0.15, -0.1) is 0 Å². The van der Waals surface area contributed by atoms with Crippen LogP contribution in [0.15, 0.2) is 24.0 Å². The van der Waals surface area contributed by atoms with Crippen LogP contribution >= 0.6 is 0 Å². The van der Waals surface area contributed by atoms with Crippen LogP contribution in [0, 0.1) is 0 Å². The number of ketones is 1. The monoisotopic (exact) mass is 126 g/mol. The number of aliphatic hydroxyl groups excluding tert-OH is 1. The number of aliphatic hydroxyl groups is 1. The van der Waals surface area contributed by atoms with E-state index in [1.54, 1.807) is 0 Å². The van der Waals surface area contributed by atoms with Gasteiger partial charge in [-0.3, -0.25) is 4.79 Å². The van der Waals surface area contributed by atoms with Crippen LogP contribution in [0.4, 0.5) is 0 Å². The highest BCUT2D eigenvalue weighted by Crippen LogP contribution is 1.89. The fourth-order valence-electron chi connectivity index (χ4n) is 0.406. The summed E-state index contributed by atoms with van der Waals surface area (Å²) < 4.78 is 0. The molecule has 0 atom stereocenters. The predicted molar refractivity (Wildman–Crippen MR) is 36.2 cm³/mol. The molecule has 1 N–H and O–H groups in total. The third-order valence-corrected chi connectivity index (χ3v) is 0.670. The Labute approximate surface area is 54.5 Å². The van der Waals surface area contributed by atoms with Crippen molar-refractivity contribution in [2.45, 2.75) is 13.8 Å². The van der Waals surface area contributed by atoms with Crippen LogP contribution in [-0.2, 0) is 4.79 Å². The fraction of sp³-hybridized carbons (Fsp3) is 0.286. The molecule has 0 aromatic heterocycles. The fourth-order valence-corrected chi connectivity index (χ4v) is 0.406. The molecule has 0 radical (unpaired) electrons. The third kappa shape index (κ3) is 4.81. The van der Waals surface area contributed by atoms with Crippen LogP contribution in [0.1, 0.15) is 13.8 Å². The number of carbonyl (C=O) groups is 1. The van der Waals surface area contributed by atoms with Gasteiger partial charge in [0.1, 0.15) is 0 Å². The molecule has 0 saturated carbocycles. The minimum atomic E-state index is -0.183. The predicted octanol–water partition coefficient (Wildman–Crippen LogP) is 1.59. The van der Waals surface area contributed by atoms with E-state index in [9.17, 15) is 4.79 Å². The van der Waals surface area contributed by atoms with Crippen molar-refractivity contribution in [3.05, 3.63) is 24.0 Å². The summed E-state index contributed by atoms with van der Waals surface area (Å²) in [6.45, 7) is 3.65. The van der Waals surface area contributed by atoms with Crippen LogP contribution in [0.25, 0.3) is 0 Å². The molecule has 0 heterocycles. The van der Waals surface area contributed by atoms with E-state index in [1.807, 2.05) is 13.8 Å². The number of hydrogen-bond donors (Lipinski definition) is 1. The van der Waals surface area contributed by atoms with Crippen LogP contribution in [-0.4, -0.2) is 10.9 Å². The molecular weight excluding hydrogens is 116 g/mol. The molecule has 0 saturated heterocycles. The Bertz CT molecular complexity index is 150. The summed E-state index contributed by atoms with van der Waals surface area (Å²) in [7, 11) is 0. The van der Waals surface area contributed by atoms with Gasteiger partial charge in [0.25, 0.3) is 0 Å². The zero-order valence-electron chi connectivity index (χ0n) is 5.59. The first-order valence-corrected chi connectivity index (χ1v) is 2.66. The maximum atomic E-state index is 10.5. The molecule has 0 aromatic carbocycles. The lowest BCUT2D eigenvalue weighted by molar-refractivity contribution is -0.110. The summed E-state index contributed by atoms with van der Waals surface area (Å²) in [5.41, 5.74) is 0.929. The Kier molecular flexibility index (Phi) is 3.44. The largest absolute Gasteiger partial charge is 0.515 e. The molecule has 50 valence electrons. The van der Waals surface area contributed by atoms with Crippen molar-refractivity contribution in [1.82, 2.24) is 0 Å². The Morgan fingerprint density at radius 2 is 2.00 bits per heavy atom. The topological polar surface area (TPSA) is 37.3 Å².